The number of rotatable bonds is 5. The van der Waals surface area contributed by atoms with Gasteiger partial charge in [0.05, 0.1) is 11.7 Å². The van der Waals surface area contributed by atoms with E-state index in [1.54, 1.807) is 12.1 Å². The molecule has 0 aliphatic rings. The van der Waals surface area contributed by atoms with Crippen molar-refractivity contribution in [3.63, 3.8) is 0 Å². The Hall–Kier alpha value is -1.68. The maximum absolute atomic E-state index is 13.0. The Morgan fingerprint density at radius 1 is 1.21 bits per heavy atom. The van der Waals surface area contributed by atoms with Crippen LogP contribution in [0.1, 0.15) is 36.8 Å². The second-order valence-electron chi connectivity index (χ2n) is 4.58. The number of nitrogens with two attached hydrogens (primary N) is 1. The third kappa shape index (κ3) is 2.84. The highest BCUT2D eigenvalue weighted by Gasteiger charge is 2.16. The SMILES string of the molecule is CCc1cc(CC)n(C(CN)c2ccc(F)cc2)n1. The van der Waals surface area contributed by atoms with Crippen molar-refractivity contribution >= 4 is 0 Å². The molecule has 3 nitrogen and oxygen atoms in total. The van der Waals surface area contributed by atoms with E-state index < -0.39 is 0 Å². The summed E-state index contributed by atoms with van der Waals surface area (Å²) < 4.78 is 15.0. The first-order valence-electron chi connectivity index (χ1n) is 6.72. The molecule has 2 N–H and O–H groups in total. The fourth-order valence-electron chi connectivity index (χ4n) is 2.26. The van der Waals surface area contributed by atoms with Crippen LogP contribution in [0.3, 0.4) is 0 Å². The molecule has 0 fully saturated rings. The molecule has 1 atom stereocenters. The minimum Gasteiger partial charge on any atom is -0.328 e. The first kappa shape index (κ1) is 13.7. The normalized spacial score (nSPS) is 12.6. The number of hydrogen-bond donors (Lipinski definition) is 1. The number of nitrogens with zero attached hydrogens (tertiary/aromatic N) is 2. The van der Waals surface area contributed by atoms with E-state index in [0.717, 1.165) is 29.8 Å². The predicted molar refractivity (Wildman–Crippen MR) is 74.6 cm³/mol. The van der Waals surface area contributed by atoms with Gasteiger partial charge >= 0.3 is 0 Å². The van der Waals surface area contributed by atoms with E-state index >= 15 is 0 Å². The molecule has 19 heavy (non-hydrogen) atoms. The molecule has 0 spiro atoms. The first-order valence-corrected chi connectivity index (χ1v) is 6.72. The van der Waals surface area contributed by atoms with Crippen molar-refractivity contribution in [3.8, 4) is 0 Å². The summed E-state index contributed by atoms with van der Waals surface area (Å²) in [7, 11) is 0. The fraction of sp³-hybridized carbons (Fsp3) is 0.400. The van der Waals surface area contributed by atoms with Crippen LogP contribution in [0.25, 0.3) is 0 Å². The van der Waals surface area contributed by atoms with Crippen LogP contribution in [0, 0.1) is 5.82 Å². The zero-order valence-electron chi connectivity index (χ0n) is 11.4. The average Bonchev–Trinajstić information content (AvgIpc) is 2.85. The molecule has 1 aromatic carbocycles. The summed E-state index contributed by atoms with van der Waals surface area (Å²) in [5.74, 6) is -0.232. The number of aromatic nitrogens is 2. The third-order valence-electron chi connectivity index (χ3n) is 3.36. The molecule has 2 rings (SSSR count). The van der Waals surface area contributed by atoms with Gasteiger partial charge in [-0.2, -0.15) is 5.10 Å². The summed E-state index contributed by atoms with van der Waals surface area (Å²) in [6, 6.07) is 8.57. The van der Waals surface area contributed by atoms with Crippen LogP contribution in [-0.2, 0) is 12.8 Å². The van der Waals surface area contributed by atoms with Gasteiger partial charge in [0.25, 0.3) is 0 Å². The van der Waals surface area contributed by atoms with Crippen molar-refractivity contribution in [1.29, 1.82) is 0 Å². The Labute approximate surface area is 113 Å². The van der Waals surface area contributed by atoms with E-state index in [1.165, 1.54) is 12.1 Å². The maximum atomic E-state index is 13.0. The second kappa shape index (κ2) is 5.97. The zero-order valence-corrected chi connectivity index (χ0v) is 11.4. The fourth-order valence-corrected chi connectivity index (χ4v) is 2.26. The minimum atomic E-state index is -0.232. The standard InChI is InChI=1S/C15H20FN3/c1-3-13-9-14(4-2)19(18-13)15(10-17)11-5-7-12(16)8-6-11/h5-9,15H,3-4,10,17H2,1-2H3. The van der Waals surface area contributed by atoms with Gasteiger partial charge in [-0.25, -0.2) is 4.39 Å². The van der Waals surface area contributed by atoms with Crippen LogP contribution in [0.4, 0.5) is 4.39 Å². The molecular formula is C15H20FN3. The Morgan fingerprint density at radius 3 is 2.42 bits per heavy atom. The van der Waals surface area contributed by atoms with Crippen LogP contribution < -0.4 is 5.73 Å². The molecule has 0 saturated heterocycles. The minimum absolute atomic E-state index is 0.0316. The Morgan fingerprint density at radius 2 is 1.89 bits per heavy atom. The number of benzene rings is 1. The zero-order chi connectivity index (χ0) is 13.8. The molecule has 2 aromatic rings. The van der Waals surface area contributed by atoms with Crippen LogP contribution in [0.15, 0.2) is 30.3 Å². The predicted octanol–water partition coefficient (Wildman–Crippen LogP) is 2.70. The van der Waals surface area contributed by atoms with Gasteiger partial charge < -0.3 is 5.73 Å². The van der Waals surface area contributed by atoms with Crippen molar-refractivity contribution in [3.05, 3.63) is 53.1 Å². The molecule has 1 heterocycles. The Balaban J connectivity index is 2.41. The van der Waals surface area contributed by atoms with Crippen molar-refractivity contribution in [1.82, 2.24) is 9.78 Å². The lowest BCUT2D eigenvalue weighted by Gasteiger charge is -2.18. The van der Waals surface area contributed by atoms with Crippen molar-refractivity contribution in [2.24, 2.45) is 5.73 Å². The quantitative estimate of drug-likeness (QED) is 0.899. The van der Waals surface area contributed by atoms with Gasteiger partial charge in [0, 0.05) is 12.2 Å². The third-order valence-corrected chi connectivity index (χ3v) is 3.36. The lowest BCUT2D eigenvalue weighted by atomic mass is 10.1. The Kier molecular flexibility index (Phi) is 4.32. The van der Waals surface area contributed by atoms with Gasteiger partial charge in [0.15, 0.2) is 0 Å². The highest BCUT2D eigenvalue weighted by Crippen LogP contribution is 2.20. The topological polar surface area (TPSA) is 43.8 Å². The van der Waals surface area contributed by atoms with Crippen molar-refractivity contribution in [2.45, 2.75) is 32.7 Å². The van der Waals surface area contributed by atoms with E-state index in [-0.39, 0.29) is 11.9 Å². The van der Waals surface area contributed by atoms with Gasteiger partial charge in [-0.05, 0) is 36.6 Å². The van der Waals surface area contributed by atoms with E-state index in [0.29, 0.717) is 6.54 Å². The van der Waals surface area contributed by atoms with Gasteiger partial charge in [0.2, 0.25) is 0 Å². The molecule has 4 heteroatoms. The number of hydrogen-bond acceptors (Lipinski definition) is 2. The van der Waals surface area contributed by atoms with Crippen LogP contribution in [-0.4, -0.2) is 16.3 Å². The van der Waals surface area contributed by atoms with Gasteiger partial charge in [-0.1, -0.05) is 26.0 Å². The number of aryl methyl sites for hydroxylation is 2. The summed E-state index contributed by atoms with van der Waals surface area (Å²) in [6.45, 7) is 4.64. The first-order chi connectivity index (χ1) is 9.19. The maximum Gasteiger partial charge on any atom is 0.123 e. The summed E-state index contributed by atoms with van der Waals surface area (Å²) in [5, 5.41) is 4.61. The van der Waals surface area contributed by atoms with Crippen molar-refractivity contribution < 1.29 is 4.39 Å². The van der Waals surface area contributed by atoms with Crippen LogP contribution in [0.2, 0.25) is 0 Å². The molecule has 1 aromatic heterocycles. The van der Waals surface area contributed by atoms with E-state index in [4.69, 9.17) is 5.73 Å². The molecule has 102 valence electrons. The average molecular weight is 261 g/mol. The molecular weight excluding hydrogens is 241 g/mol. The van der Waals surface area contributed by atoms with Crippen molar-refractivity contribution in [2.75, 3.05) is 6.54 Å². The lowest BCUT2D eigenvalue weighted by Crippen LogP contribution is -2.23. The van der Waals surface area contributed by atoms with E-state index in [1.807, 2.05) is 4.68 Å². The van der Waals surface area contributed by atoms with Crippen LogP contribution >= 0.6 is 0 Å². The van der Waals surface area contributed by atoms with Gasteiger partial charge in [-0.3, -0.25) is 4.68 Å². The molecule has 0 bridgehead atoms. The molecule has 0 saturated carbocycles. The number of halogens is 1. The van der Waals surface area contributed by atoms with Gasteiger partial charge in [0.1, 0.15) is 5.82 Å². The Bertz CT molecular complexity index is 531. The summed E-state index contributed by atoms with van der Waals surface area (Å²) >= 11 is 0. The largest absolute Gasteiger partial charge is 0.328 e. The highest BCUT2D eigenvalue weighted by atomic mass is 19.1. The molecule has 0 aliphatic heterocycles. The molecule has 0 radical (unpaired) electrons. The van der Waals surface area contributed by atoms with E-state index in [2.05, 4.69) is 25.0 Å². The molecule has 1 unspecified atom stereocenters. The molecule has 0 aliphatic carbocycles. The van der Waals surface area contributed by atoms with Gasteiger partial charge in [-0.15, -0.1) is 0 Å². The lowest BCUT2D eigenvalue weighted by molar-refractivity contribution is 0.506. The summed E-state index contributed by atoms with van der Waals surface area (Å²) in [5.41, 5.74) is 9.12. The summed E-state index contributed by atoms with van der Waals surface area (Å²) in [6.07, 6.45) is 1.81. The van der Waals surface area contributed by atoms with Crippen LogP contribution in [0.5, 0.6) is 0 Å². The highest BCUT2D eigenvalue weighted by molar-refractivity contribution is 5.23. The summed E-state index contributed by atoms with van der Waals surface area (Å²) in [4.78, 5) is 0. The second-order valence-corrected chi connectivity index (χ2v) is 4.58. The molecule has 0 amide bonds. The smallest absolute Gasteiger partial charge is 0.123 e. The van der Waals surface area contributed by atoms with E-state index in [9.17, 15) is 4.39 Å². The monoisotopic (exact) mass is 261 g/mol.